The van der Waals surface area contributed by atoms with E-state index in [1.165, 1.54) is 6.20 Å². The highest BCUT2D eigenvalue weighted by atomic mass is 19.4. The Morgan fingerprint density at radius 1 is 1.20 bits per heavy atom. The zero-order chi connectivity index (χ0) is 18.0. The number of aromatic nitrogens is 5. The highest BCUT2D eigenvalue weighted by Crippen LogP contribution is 2.39. The lowest BCUT2D eigenvalue weighted by molar-refractivity contribution is -0.139. The molecule has 3 aromatic rings. The fraction of sp³-hybridized carbons (Fsp3) is 0.200. The lowest BCUT2D eigenvalue weighted by Crippen LogP contribution is -2.10. The molecule has 3 rings (SSSR count). The second-order valence-electron chi connectivity index (χ2n) is 5.06. The molecule has 0 aliphatic rings. The number of alkyl halides is 3. The van der Waals surface area contributed by atoms with Crippen LogP contribution in [0.5, 0.6) is 5.88 Å². The Bertz CT molecular complexity index is 879. The molecule has 0 aliphatic heterocycles. The van der Waals surface area contributed by atoms with Gasteiger partial charge in [0.2, 0.25) is 5.88 Å². The number of anilines is 1. The number of hydrogen-bond acceptors (Lipinski definition) is 6. The fourth-order valence-corrected chi connectivity index (χ4v) is 2.34. The summed E-state index contributed by atoms with van der Waals surface area (Å²) in [5.41, 5.74) is 6.40. The zero-order valence-corrected chi connectivity index (χ0v) is 13.0. The van der Waals surface area contributed by atoms with E-state index in [-0.39, 0.29) is 18.0 Å². The lowest BCUT2D eigenvalue weighted by atomic mass is 9.98. The Kier molecular flexibility index (Phi) is 4.26. The third-order valence-electron chi connectivity index (χ3n) is 3.39. The summed E-state index contributed by atoms with van der Waals surface area (Å²) < 4.78 is 45.0. The van der Waals surface area contributed by atoms with Gasteiger partial charge in [0.15, 0.2) is 5.82 Å². The Morgan fingerprint density at radius 3 is 2.64 bits per heavy atom. The number of nitrogens with zero attached hydrogens (tertiary/aromatic N) is 4. The van der Waals surface area contributed by atoms with E-state index in [4.69, 9.17) is 10.5 Å². The smallest absolute Gasteiger partial charge is 0.421 e. The first-order valence-electron chi connectivity index (χ1n) is 7.24. The first-order chi connectivity index (χ1) is 11.9. The molecule has 0 spiro atoms. The number of tetrazole rings is 1. The summed E-state index contributed by atoms with van der Waals surface area (Å²) in [5.74, 6) is -0.179. The van der Waals surface area contributed by atoms with Crippen LogP contribution >= 0.6 is 0 Å². The number of hydrogen-bond donors (Lipinski definition) is 2. The summed E-state index contributed by atoms with van der Waals surface area (Å²) in [6, 6.07) is 5.72. The predicted molar refractivity (Wildman–Crippen MR) is 83.4 cm³/mol. The lowest BCUT2D eigenvalue weighted by Gasteiger charge is -2.15. The van der Waals surface area contributed by atoms with Crippen LogP contribution in [0.4, 0.5) is 18.9 Å². The van der Waals surface area contributed by atoms with Crippen LogP contribution in [0.2, 0.25) is 0 Å². The van der Waals surface area contributed by atoms with Crippen molar-refractivity contribution < 1.29 is 17.9 Å². The molecule has 3 N–H and O–H groups in total. The predicted octanol–water partition coefficient (Wildman–Crippen LogP) is 2.93. The molecule has 1 aromatic carbocycles. The van der Waals surface area contributed by atoms with Crippen molar-refractivity contribution in [1.29, 1.82) is 0 Å². The Labute approximate surface area is 140 Å². The highest BCUT2D eigenvalue weighted by Gasteiger charge is 2.36. The van der Waals surface area contributed by atoms with Crippen LogP contribution in [0.15, 0.2) is 30.5 Å². The van der Waals surface area contributed by atoms with Gasteiger partial charge in [-0.1, -0.05) is 6.07 Å². The standard InChI is InChI=1S/C15H13F3N6O/c1-2-25-14-12(15(16,17)18)5-8(7-20-14)10-4-3-9(19)6-11(10)13-21-23-24-22-13/h3-7H,2,19H2,1H3,(H,21,22,23,24). The number of nitrogens with one attached hydrogen (secondary N) is 1. The van der Waals surface area contributed by atoms with Gasteiger partial charge in [0, 0.05) is 23.0 Å². The third kappa shape index (κ3) is 3.37. The molecule has 0 bridgehead atoms. The maximum Gasteiger partial charge on any atom is 0.421 e. The summed E-state index contributed by atoms with van der Waals surface area (Å²) in [6.45, 7) is 1.66. The second-order valence-corrected chi connectivity index (χ2v) is 5.06. The van der Waals surface area contributed by atoms with Gasteiger partial charge in [0.05, 0.1) is 6.61 Å². The first-order valence-corrected chi connectivity index (χ1v) is 7.24. The van der Waals surface area contributed by atoms with Crippen molar-refractivity contribution in [2.45, 2.75) is 13.1 Å². The number of benzene rings is 1. The van der Waals surface area contributed by atoms with E-state index in [0.717, 1.165) is 6.07 Å². The molecule has 0 saturated carbocycles. The van der Waals surface area contributed by atoms with Gasteiger partial charge in [-0.15, -0.1) is 5.10 Å². The molecule has 2 heterocycles. The van der Waals surface area contributed by atoms with Gasteiger partial charge in [0.1, 0.15) is 5.56 Å². The molecule has 7 nitrogen and oxygen atoms in total. The average molecular weight is 350 g/mol. The summed E-state index contributed by atoms with van der Waals surface area (Å²) in [4.78, 5) is 3.82. The fourth-order valence-electron chi connectivity index (χ4n) is 2.34. The number of H-pyrrole nitrogens is 1. The second kappa shape index (κ2) is 6.38. The highest BCUT2D eigenvalue weighted by molar-refractivity contribution is 5.82. The van der Waals surface area contributed by atoms with Gasteiger partial charge >= 0.3 is 6.18 Å². The Morgan fingerprint density at radius 2 is 2.00 bits per heavy atom. The molecule has 0 radical (unpaired) electrons. The minimum absolute atomic E-state index is 0.0757. The van der Waals surface area contributed by atoms with Crippen LogP contribution in [0.1, 0.15) is 12.5 Å². The van der Waals surface area contributed by atoms with Crippen LogP contribution in [0.25, 0.3) is 22.5 Å². The van der Waals surface area contributed by atoms with Gasteiger partial charge in [-0.2, -0.15) is 13.2 Å². The molecular weight excluding hydrogens is 337 g/mol. The van der Waals surface area contributed by atoms with Crippen LogP contribution in [0.3, 0.4) is 0 Å². The van der Waals surface area contributed by atoms with Gasteiger partial charge < -0.3 is 10.5 Å². The normalized spacial score (nSPS) is 11.5. The van der Waals surface area contributed by atoms with Gasteiger partial charge in [-0.05, 0) is 41.1 Å². The van der Waals surface area contributed by atoms with Crippen molar-refractivity contribution in [3.63, 3.8) is 0 Å². The number of nitrogen functional groups attached to an aromatic ring is 1. The van der Waals surface area contributed by atoms with Crippen molar-refractivity contribution >= 4 is 5.69 Å². The van der Waals surface area contributed by atoms with E-state index in [9.17, 15) is 13.2 Å². The number of ether oxygens (including phenoxy) is 1. The van der Waals surface area contributed by atoms with Gasteiger partial charge in [0.25, 0.3) is 0 Å². The molecule has 25 heavy (non-hydrogen) atoms. The third-order valence-corrected chi connectivity index (χ3v) is 3.39. The Balaban J connectivity index is 2.18. The van der Waals surface area contributed by atoms with Gasteiger partial charge in [-0.3, -0.25) is 0 Å². The number of rotatable bonds is 4. The maximum atomic E-state index is 13.3. The number of pyridine rings is 1. The van der Waals surface area contributed by atoms with E-state index in [1.807, 2.05) is 0 Å². The maximum absolute atomic E-state index is 13.3. The zero-order valence-electron chi connectivity index (χ0n) is 13.0. The SMILES string of the molecule is CCOc1ncc(-c2ccc(N)cc2-c2nnn[nH]2)cc1C(F)(F)F. The molecule has 0 amide bonds. The minimum atomic E-state index is -4.60. The molecule has 130 valence electrons. The van der Waals surface area contributed by atoms with E-state index in [2.05, 4.69) is 25.6 Å². The van der Waals surface area contributed by atoms with Crippen LogP contribution in [-0.4, -0.2) is 32.2 Å². The van der Waals surface area contributed by atoms with Crippen molar-refractivity contribution in [2.24, 2.45) is 0 Å². The average Bonchev–Trinajstić information content (AvgIpc) is 3.09. The largest absolute Gasteiger partial charge is 0.478 e. The van der Waals surface area contributed by atoms with E-state index < -0.39 is 17.6 Å². The molecule has 0 unspecified atom stereocenters. The van der Waals surface area contributed by atoms with Crippen LogP contribution in [0, 0.1) is 0 Å². The summed E-state index contributed by atoms with van der Waals surface area (Å²) in [6.07, 6.45) is -3.30. The first kappa shape index (κ1) is 16.7. The van der Waals surface area contributed by atoms with Crippen molar-refractivity contribution in [1.82, 2.24) is 25.6 Å². The molecule has 0 saturated heterocycles. The van der Waals surface area contributed by atoms with E-state index in [1.54, 1.807) is 25.1 Å². The molecule has 10 heteroatoms. The van der Waals surface area contributed by atoms with Crippen LogP contribution in [-0.2, 0) is 6.18 Å². The summed E-state index contributed by atoms with van der Waals surface area (Å²) >= 11 is 0. The molecular formula is C15H13F3N6O. The van der Waals surface area contributed by atoms with Gasteiger partial charge in [-0.25, -0.2) is 10.1 Å². The summed E-state index contributed by atoms with van der Waals surface area (Å²) in [7, 11) is 0. The number of halogens is 3. The molecule has 2 aromatic heterocycles. The molecule has 0 atom stereocenters. The van der Waals surface area contributed by atoms with E-state index >= 15 is 0 Å². The van der Waals surface area contributed by atoms with E-state index in [0.29, 0.717) is 16.8 Å². The van der Waals surface area contributed by atoms with Crippen molar-refractivity contribution in [2.75, 3.05) is 12.3 Å². The number of aromatic amines is 1. The Hall–Kier alpha value is -3.17. The topological polar surface area (TPSA) is 103 Å². The van der Waals surface area contributed by atoms with Crippen molar-refractivity contribution in [3.05, 3.63) is 36.0 Å². The monoisotopic (exact) mass is 350 g/mol. The molecule has 0 aliphatic carbocycles. The minimum Gasteiger partial charge on any atom is -0.478 e. The molecule has 0 fully saturated rings. The van der Waals surface area contributed by atoms with Crippen LogP contribution < -0.4 is 10.5 Å². The summed E-state index contributed by atoms with van der Waals surface area (Å²) in [5, 5.41) is 13.3. The number of nitrogens with two attached hydrogens (primary N) is 1. The quantitative estimate of drug-likeness (QED) is 0.702. The van der Waals surface area contributed by atoms with Crippen molar-refractivity contribution in [3.8, 4) is 28.4 Å².